The summed E-state index contributed by atoms with van der Waals surface area (Å²) in [6.45, 7) is 11.0. The van der Waals surface area contributed by atoms with E-state index >= 15 is 0 Å². The van der Waals surface area contributed by atoms with Crippen molar-refractivity contribution >= 4 is 75.1 Å². The average molecular weight is 1030 g/mol. The fourth-order valence-corrected chi connectivity index (χ4v) is 8.31. The number of carbonyl (C=O) groups excluding carboxylic acids is 6. The maximum Gasteiger partial charge on any atom is 0.326 e. The van der Waals surface area contributed by atoms with Crippen molar-refractivity contribution in [1.82, 2.24) is 41.9 Å². The normalized spacial score (nSPS) is 15.0. The first-order chi connectivity index (χ1) is 35.1. The lowest BCUT2D eigenvalue weighted by molar-refractivity contribution is -0.142. The minimum Gasteiger partial charge on any atom is -0.480 e. The minimum absolute atomic E-state index is 0.0344. The second-order valence-corrected chi connectivity index (χ2v) is 19.1. The number of aromatic nitrogens is 2. The van der Waals surface area contributed by atoms with Crippen LogP contribution in [0.25, 0.3) is 21.8 Å². The number of carboxylic acids is 1. The van der Waals surface area contributed by atoms with Crippen molar-refractivity contribution in [3.05, 3.63) is 72.1 Å². The number of nitrogens with zero attached hydrogens (tertiary/aromatic N) is 2. The van der Waals surface area contributed by atoms with Crippen LogP contribution in [0.1, 0.15) is 91.2 Å². The number of aliphatic imine (C=N–C) groups is 2. The molecule has 0 aliphatic rings. The van der Waals surface area contributed by atoms with Gasteiger partial charge in [0.15, 0.2) is 11.9 Å². The van der Waals surface area contributed by atoms with Crippen LogP contribution >= 0.6 is 0 Å². The van der Waals surface area contributed by atoms with Crippen LogP contribution in [0.4, 0.5) is 0 Å². The summed E-state index contributed by atoms with van der Waals surface area (Å²) < 4.78 is 0. The molecule has 9 atom stereocenters. The van der Waals surface area contributed by atoms with Gasteiger partial charge in [-0.05, 0) is 66.7 Å². The van der Waals surface area contributed by atoms with Crippen LogP contribution in [-0.2, 0) is 46.4 Å². The summed E-state index contributed by atoms with van der Waals surface area (Å²) in [6, 6.07) is 6.33. The fourth-order valence-electron chi connectivity index (χ4n) is 8.31. The number of hydrogen-bond acceptors (Lipinski definition) is 10. The molecule has 23 nitrogen and oxygen atoms in total. The molecule has 19 N–H and O–H groups in total. The highest BCUT2D eigenvalue weighted by Gasteiger charge is 2.37. The SMILES string of the molecule is CC[C@H](C)[C@H](N)C(=O)N[C@@H](Cc1c[nH]c2ccccc12)C(=O)N[C@H](C(=O)N[C@H](C(=O)N[C@@H](Cc1c[nH]c2ccccc12)C(=O)N[C@@H](CCCN=C(N)N)C(=O)N[C@@H](CCCN=C(N)N)C(=O)O)[C@@H](C)CC)C(C)C. The van der Waals surface area contributed by atoms with E-state index in [9.17, 15) is 38.7 Å². The van der Waals surface area contributed by atoms with E-state index in [2.05, 4.69) is 51.9 Å². The molecule has 23 heteroatoms. The van der Waals surface area contributed by atoms with Gasteiger partial charge < -0.3 is 75.6 Å². The Morgan fingerprint density at radius 1 is 0.541 bits per heavy atom. The molecule has 0 unspecified atom stereocenters. The number of carbonyl (C=O) groups is 7. The summed E-state index contributed by atoms with van der Waals surface area (Å²) in [5.74, 6) is -7.09. The highest BCUT2D eigenvalue weighted by atomic mass is 16.4. The molecule has 74 heavy (non-hydrogen) atoms. The van der Waals surface area contributed by atoms with Gasteiger partial charge in [-0.25, -0.2) is 4.79 Å². The van der Waals surface area contributed by atoms with E-state index in [4.69, 9.17) is 28.7 Å². The van der Waals surface area contributed by atoms with Crippen molar-refractivity contribution < 1.29 is 38.7 Å². The van der Waals surface area contributed by atoms with Crippen molar-refractivity contribution in [3.8, 4) is 0 Å². The number of nitrogens with one attached hydrogen (secondary N) is 8. The predicted octanol–water partition coefficient (Wildman–Crippen LogP) is 0.610. The van der Waals surface area contributed by atoms with Gasteiger partial charge in [-0.2, -0.15) is 0 Å². The lowest BCUT2D eigenvalue weighted by Gasteiger charge is -2.31. The van der Waals surface area contributed by atoms with Crippen LogP contribution in [0, 0.1) is 17.8 Å². The largest absolute Gasteiger partial charge is 0.480 e. The first-order valence-corrected chi connectivity index (χ1v) is 25.2. The Morgan fingerprint density at radius 3 is 1.42 bits per heavy atom. The topological polar surface area (TPSA) is 398 Å². The third kappa shape index (κ3) is 17.2. The van der Waals surface area contributed by atoms with E-state index in [0.29, 0.717) is 18.4 Å². The zero-order valence-electron chi connectivity index (χ0n) is 43.2. The predicted molar refractivity (Wildman–Crippen MR) is 285 cm³/mol. The highest BCUT2D eigenvalue weighted by Crippen LogP contribution is 2.22. The van der Waals surface area contributed by atoms with Gasteiger partial charge in [0.2, 0.25) is 35.4 Å². The standard InChI is InChI=1S/C51H77N15O8/c1-7-28(5)40(52)46(70)63-39(24-31-26-60-35-18-12-10-16-33(31)35)45(69)65-41(27(3)4)47(71)66-42(29(6)8-2)48(72)64-38(23-30-25-59-34-17-11-9-15-32(30)34)44(68)61-36(19-13-21-57-50(53)54)43(67)62-37(49(73)74)20-14-22-58-51(55)56/h9-12,15-18,25-29,36-42,59-60H,7-8,13-14,19-24,52H2,1-6H3,(H,61,68)(H,62,67)(H,63,70)(H,64,72)(H,65,69)(H,66,71)(H,73,74)(H4,53,54,57)(H4,55,56,58)/t28-,29-,36-,37-,38-,39-,40-,41-,42-/m0/s1. The number of rotatable bonds is 30. The van der Waals surface area contributed by atoms with Crippen LogP contribution in [-0.4, -0.2) is 124 Å². The Morgan fingerprint density at radius 2 is 0.946 bits per heavy atom. The summed E-state index contributed by atoms with van der Waals surface area (Å²) in [4.78, 5) is 112. The number of aromatic amines is 2. The third-order valence-corrected chi connectivity index (χ3v) is 13.2. The van der Waals surface area contributed by atoms with E-state index in [1.165, 1.54) is 0 Å². The lowest BCUT2D eigenvalue weighted by Crippen LogP contribution is -2.62. The van der Waals surface area contributed by atoms with E-state index in [0.717, 1.165) is 27.4 Å². The molecule has 2 aromatic heterocycles. The molecule has 2 heterocycles. The molecule has 0 saturated carbocycles. The molecule has 4 aromatic rings. The van der Waals surface area contributed by atoms with E-state index in [1.807, 2.05) is 69.3 Å². The van der Waals surface area contributed by atoms with Gasteiger partial charge in [0.1, 0.15) is 36.3 Å². The quantitative estimate of drug-likeness (QED) is 0.0194. The number of carboxylic acid groups (broad SMARTS) is 1. The first-order valence-electron chi connectivity index (χ1n) is 25.2. The third-order valence-electron chi connectivity index (χ3n) is 13.2. The number of amides is 6. The summed E-state index contributed by atoms with van der Waals surface area (Å²) in [7, 11) is 0. The highest BCUT2D eigenvalue weighted by molar-refractivity contribution is 5.98. The molecule has 404 valence electrons. The monoisotopic (exact) mass is 1030 g/mol. The molecule has 0 radical (unpaired) electrons. The fraction of sp³-hybridized carbons (Fsp3) is 0.510. The van der Waals surface area contributed by atoms with Gasteiger partial charge in [-0.15, -0.1) is 0 Å². The number of fused-ring (bicyclic) bond motifs is 2. The number of benzene rings is 2. The zero-order chi connectivity index (χ0) is 54.6. The van der Waals surface area contributed by atoms with Crippen molar-refractivity contribution in [3.63, 3.8) is 0 Å². The van der Waals surface area contributed by atoms with Crippen LogP contribution in [0.5, 0.6) is 0 Å². The van der Waals surface area contributed by atoms with E-state index in [-0.39, 0.29) is 69.5 Å². The molecule has 4 rings (SSSR count). The second-order valence-electron chi connectivity index (χ2n) is 19.1. The van der Waals surface area contributed by atoms with Gasteiger partial charge in [0.05, 0.1) is 6.04 Å². The maximum absolute atomic E-state index is 14.7. The Labute approximate surface area is 431 Å². The Kier molecular flexibility index (Phi) is 22.7. The molecular weight excluding hydrogens is 951 g/mol. The van der Waals surface area contributed by atoms with Crippen molar-refractivity contribution in [1.29, 1.82) is 0 Å². The molecule has 0 fully saturated rings. The summed E-state index contributed by atoms with van der Waals surface area (Å²) in [5, 5.41) is 28.2. The van der Waals surface area contributed by atoms with Crippen LogP contribution < -0.4 is 60.6 Å². The first kappa shape index (κ1) is 58.9. The second kappa shape index (κ2) is 28.5. The zero-order valence-corrected chi connectivity index (χ0v) is 43.2. The average Bonchev–Trinajstić information content (AvgIpc) is 3.98. The Bertz CT molecular complexity index is 2600. The van der Waals surface area contributed by atoms with Gasteiger partial charge in [0.25, 0.3) is 0 Å². The number of guanidine groups is 2. The molecule has 2 aromatic carbocycles. The lowest BCUT2D eigenvalue weighted by atomic mass is 9.95. The van der Waals surface area contributed by atoms with Gasteiger partial charge in [-0.3, -0.25) is 38.8 Å². The summed E-state index contributed by atoms with van der Waals surface area (Å²) >= 11 is 0. The Balaban J connectivity index is 1.63. The number of para-hydroxylation sites is 2. The molecule has 0 saturated heterocycles. The Hall–Kier alpha value is -7.69. The number of hydrogen-bond donors (Lipinski definition) is 14. The molecular formula is C51H77N15O8. The van der Waals surface area contributed by atoms with Gasteiger partial charge in [-0.1, -0.05) is 90.8 Å². The maximum atomic E-state index is 14.7. The van der Waals surface area contributed by atoms with Gasteiger partial charge in [0, 0.05) is 60.1 Å². The summed E-state index contributed by atoms with van der Waals surface area (Å²) in [6.07, 6.45) is 4.81. The molecule has 0 aliphatic heterocycles. The smallest absolute Gasteiger partial charge is 0.326 e. The van der Waals surface area contributed by atoms with E-state index in [1.54, 1.807) is 33.2 Å². The number of H-pyrrole nitrogens is 2. The number of aliphatic carboxylic acids is 1. The number of nitrogens with two attached hydrogens (primary N) is 5. The van der Waals surface area contributed by atoms with Gasteiger partial charge >= 0.3 is 5.97 Å². The van der Waals surface area contributed by atoms with Crippen molar-refractivity contribution in [2.24, 2.45) is 56.4 Å². The molecule has 0 spiro atoms. The van der Waals surface area contributed by atoms with Crippen LogP contribution in [0.3, 0.4) is 0 Å². The molecule has 6 amide bonds. The van der Waals surface area contributed by atoms with Crippen LogP contribution in [0.2, 0.25) is 0 Å². The van der Waals surface area contributed by atoms with Crippen molar-refractivity contribution in [2.75, 3.05) is 13.1 Å². The molecule has 0 aliphatic carbocycles. The van der Waals surface area contributed by atoms with E-state index < -0.39 is 95.5 Å². The minimum atomic E-state index is -1.37. The summed E-state index contributed by atoms with van der Waals surface area (Å²) in [5.41, 5.74) is 31.2. The van der Waals surface area contributed by atoms with Crippen molar-refractivity contribution in [2.45, 2.75) is 135 Å². The molecule has 0 bridgehead atoms. The van der Waals surface area contributed by atoms with Crippen LogP contribution in [0.15, 0.2) is 70.9 Å².